The number of rotatable bonds is 7. The Morgan fingerprint density at radius 2 is 2.04 bits per heavy atom. The Labute approximate surface area is 163 Å². The quantitative estimate of drug-likeness (QED) is 0.656. The van der Waals surface area contributed by atoms with Gasteiger partial charge >= 0.3 is 6.09 Å². The van der Waals surface area contributed by atoms with E-state index in [0.717, 1.165) is 6.42 Å². The molecule has 2 unspecified atom stereocenters. The molecule has 6 nitrogen and oxygen atoms in total. The summed E-state index contributed by atoms with van der Waals surface area (Å²) in [5.41, 5.74) is -0.0349. The molecule has 0 aliphatic rings. The van der Waals surface area contributed by atoms with Gasteiger partial charge in [0.05, 0.1) is 0 Å². The van der Waals surface area contributed by atoms with E-state index in [0.29, 0.717) is 22.4 Å². The van der Waals surface area contributed by atoms with E-state index in [1.54, 1.807) is 39.0 Å². The standard InChI is InChI=1S/C19H26FN3O3S/c1-6-12(2)15(21-17(24)26-19(3,4)5)16-22-23-18(25-16)27-11-13-9-7-8-10-14(13)20/h7-10,12,15H,6,11H2,1-5H3,(H,21,24). The molecule has 0 fully saturated rings. The van der Waals surface area contributed by atoms with Crippen LogP contribution in [0.1, 0.15) is 58.5 Å². The number of benzene rings is 1. The molecular weight excluding hydrogens is 369 g/mol. The summed E-state index contributed by atoms with van der Waals surface area (Å²) in [7, 11) is 0. The van der Waals surface area contributed by atoms with Crippen molar-refractivity contribution in [1.82, 2.24) is 15.5 Å². The Kier molecular flexibility index (Phi) is 7.24. The van der Waals surface area contributed by atoms with E-state index in [4.69, 9.17) is 9.15 Å². The molecule has 1 aromatic carbocycles. The zero-order chi connectivity index (χ0) is 20.0. The zero-order valence-electron chi connectivity index (χ0n) is 16.3. The molecule has 0 spiro atoms. The number of hydrogen-bond acceptors (Lipinski definition) is 6. The second-order valence-corrected chi connectivity index (χ2v) is 8.22. The normalized spacial score (nSPS) is 13.9. The number of aromatic nitrogens is 2. The summed E-state index contributed by atoms with van der Waals surface area (Å²) >= 11 is 1.25. The Balaban J connectivity index is 2.06. The lowest BCUT2D eigenvalue weighted by atomic mass is 9.99. The van der Waals surface area contributed by atoms with Gasteiger partial charge in [0, 0.05) is 5.75 Å². The highest BCUT2D eigenvalue weighted by molar-refractivity contribution is 7.98. The average molecular weight is 396 g/mol. The maximum absolute atomic E-state index is 13.7. The number of alkyl carbamates (subject to hydrolysis) is 1. The van der Waals surface area contributed by atoms with Crippen molar-refractivity contribution >= 4 is 17.9 Å². The molecule has 0 aliphatic carbocycles. The summed E-state index contributed by atoms with van der Waals surface area (Å²) in [6.07, 6.45) is 0.271. The number of carbonyl (C=O) groups is 1. The highest BCUT2D eigenvalue weighted by Gasteiger charge is 2.28. The Morgan fingerprint density at radius 3 is 2.67 bits per heavy atom. The first-order chi connectivity index (χ1) is 12.7. The minimum absolute atomic E-state index is 0.0717. The number of thioether (sulfide) groups is 1. The summed E-state index contributed by atoms with van der Waals surface area (Å²) < 4.78 is 24.7. The van der Waals surface area contributed by atoms with Crippen LogP contribution in [0.2, 0.25) is 0 Å². The molecule has 148 valence electrons. The van der Waals surface area contributed by atoms with Crippen molar-refractivity contribution in [3.8, 4) is 0 Å². The van der Waals surface area contributed by atoms with Gasteiger partial charge in [0.15, 0.2) is 0 Å². The van der Waals surface area contributed by atoms with Crippen molar-refractivity contribution < 1.29 is 18.3 Å². The number of carbonyl (C=O) groups excluding carboxylic acids is 1. The maximum Gasteiger partial charge on any atom is 0.408 e. The lowest BCUT2D eigenvalue weighted by Crippen LogP contribution is -2.37. The van der Waals surface area contributed by atoms with Gasteiger partial charge in [-0.2, -0.15) is 0 Å². The fourth-order valence-electron chi connectivity index (χ4n) is 2.28. The summed E-state index contributed by atoms with van der Waals surface area (Å²) in [5, 5.41) is 11.2. The summed E-state index contributed by atoms with van der Waals surface area (Å²) in [6, 6.07) is 6.10. The SMILES string of the molecule is CCC(C)C(NC(=O)OC(C)(C)C)c1nnc(SCc2ccccc2F)o1. The molecule has 0 aliphatic heterocycles. The van der Waals surface area contributed by atoms with E-state index in [-0.39, 0.29) is 11.7 Å². The molecule has 1 N–H and O–H groups in total. The molecule has 1 heterocycles. The Morgan fingerprint density at radius 1 is 1.33 bits per heavy atom. The van der Waals surface area contributed by atoms with Crippen LogP contribution in [0.3, 0.4) is 0 Å². The van der Waals surface area contributed by atoms with Gasteiger partial charge in [-0.25, -0.2) is 9.18 Å². The topological polar surface area (TPSA) is 77.2 Å². The molecule has 2 aromatic rings. The highest BCUT2D eigenvalue weighted by Crippen LogP contribution is 2.28. The van der Waals surface area contributed by atoms with Crippen LogP contribution in [-0.4, -0.2) is 21.9 Å². The number of ether oxygens (including phenoxy) is 1. The maximum atomic E-state index is 13.7. The van der Waals surface area contributed by atoms with E-state index < -0.39 is 17.7 Å². The van der Waals surface area contributed by atoms with Crippen LogP contribution in [0.4, 0.5) is 9.18 Å². The lowest BCUT2D eigenvalue weighted by Gasteiger charge is -2.24. The van der Waals surface area contributed by atoms with Gasteiger partial charge in [-0.1, -0.05) is 50.2 Å². The summed E-state index contributed by atoms with van der Waals surface area (Å²) in [6.45, 7) is 9.40. The fourth-order valence-corrected chi connectivity index (χ4v) is 3.03. The van der Waals surface area contributed by atoms with Gasteiger partial charge in [0.1, 0.15) is 17.5 Å². The molecule has 27 heavy (non-hydrogen) atoms. The van der Waals surface area contributed by atoms with E-state index >= 15 is 0 Å². The van der Waals surface area contributed by atoms with Crippen LogP contribution in [0.25, 0.3) is 0 Å². The van der Waals surface area contributed by atoms with Crippen LogP contribution in [0.15, 0.2) is 33.9 Å². The van der Waals surface area contributed by atoms with Crippen LogP contribution in [0.5, 0.6) is 0 Å². The van der Waals surface area contributed by atoms with E-state index in [1.165, 1.54) is 17.8 Å². The van der Waals surface area contributed by atoms with Gasteiger partial charge in [-0.15, -0.1) is 10.2 Å². The third-order valence-corrected chi connectivity index (χ3v) is 4.75. The van der Waals surface area contributed by atoms with Crippen molar-refractivity contribution in [3.63, 3.8) is 0 Å². The second kappa shape index (κ2) is 9.21. The predicted octanol–water partition coefficient (Wildman–Crippen LogP) is 5.11. The van der Waals surface area contributed by atoms with Crippen LogP contribution in [0, 0.1) is 11.7 Å². The Hall–Kier alpha value is -2.09. The van der Waals surface area contributed by atoms with Gasteiger partial charge in [-0.05, 0) is 38.3 Å². The van der Waals surface area contributed by atoms with E-state index in [2.05, 4.69) is 15.5 Å². The van der Waals surface area contributed by atoms with Gasteiger partial charge in [0.25, 0.3) is 5.22 Å². The lowest BCUT2D eigenvalue weighted by molar-refractivity contribution is 0.0473. The van der Waals surface area contributed by atoms with Crippen molar-refractivity contribution in [2.45, 2.75) is 63.7 Å². The average Bonchev–Trinajstić information content (AvgIpc) is 3.05. The van der Waals surface area contributed by atoms with Gasteiger partial charge in [0.2, 0.25) is 5.89 Å². The molecule has 8 heteroatoms. The number of amides is 1. The number of nitrogens with one attached hydrogen (secondary N) is 1. The second-order valence-electron chi connectivity index (χ2n) is 7.30. The molecule has 1 amide bonds. The molecule has 2 rings (SSSR count). The molecule has 0 bridgehead atoms. The fraction of sp³-hybridized carbons (Fsp3) is 0.526. The van der Waals surface area contributed by atoms with Crippen LogP contribution in [-0.2, 0) is 10.5 Å². The largest absolute Gasteiger partial charge is 0.444 e. The van der Waals surface area contributed by atoms with E-state index in [9.17, 15) is 9.18 Å². The smallest absolute Gasteiger partial charge is 0.408 e. The van der Waals surface area contributed by atoms with Crippen molar-refractivity contribution in [1.29, 1.82) is 0 Å². The van der Waals surface area contributed by atoms with Gasteiger partial charge < -0.3 is 14.5 Å². The number of nitrogens with zero attached hydrogens (tertiary/aromatic N) is 2. The van der Waals surface area contributed by atoms with Crippen molar-refractivity contribution in [3.05, 3.63) is 41.5 Å². The predicted molar refractivity (Wildman–Crippen MR) is 102 cm³/mol. The third-order valence-electron chi connectivity index (χ3n) is 3.88. The highest BCUT2D eigenvalue weighted by atomic mass is 32.2. The molecule has 1 aromatic heterocycles. The van der Waals surface area contributed by atoms with Crippen molar-refractivity contribution in [2.75, 3.05) is 0 Å². The van der Waals surface area contributed by atoms with Crippen molar-refractivity contribution in [2.24, 2.45) is 5.92 Å². The monoisotopic (exact) mass is 395 g/mol. The first-order valence-corrected chi connectivity index (χ1v) is 9.87. The first kappa shape index (κ1) is 21.2. The van der Waals surface area contributed by atoms with E-state index in [1.807, 2.05) is 13.8 Å². The van der Waals surface area contributed by atoms with Crippen LogP contribution < -0.4 is 5.32 Å². The molecule has 0 radical (unpaired) electrons. The summed E-state index contributed by atoms with van der Waals surface area (Å²) in [5.74, 6) is 0.490. The number of halogens is 1. The Bertz CT molecular complexity index is 761. The minimum Gasteiger partial charge on any atom is -0.444 e. The zero-order valence-corrected chi connectivity index (χ0v) is 17.1. The molecule has 2 atom stereocenters. The molecule has 0 saturated heterocycles. The first-order valence-electron chi connectivity index (χ1n) is 8.88. The van der Waals surface area contributed by atoms with Crippen LogP contribution >= 0.6 is 11.8 Å². The molecular formula is C19H26FN3O3S. The minimum atomic E-state index is -0.598. The van der Waals surface area contributed by atoms with Gasteiger partial charge in [-0.3, -0.25) is 0 Å². The number of hydrogen-bond donors (Lipinski definition) is 1. The molecule has 0 saturated carbocycles. The third kappa shape index (κ3) is 6.53. The summed E-state index contributed by atoms with van der Waals surface area (Å²) in [4.78, 5) is 12.1.